The van der Waals surface area contributed by atoms with Crippen LogP contribution in [0.2, 0.25) is 0 Å². The van der Waals surface area contributed by atoms with Gasteiger partial charge in [-0.05, 0) is 78.1 Å². The van der Waals surface area contributed by atoms with E-state index in [-0.39, 0.29) is 7.92 Å². The molecule has 2 heteroatoms. The van der Waals surface area contributed by atoms with E-state index in [1.165, 1.54) is 86.5 Å². The van der Waals surface area contributed by atoms with Gasteiger partial charge in [0, 0.05) is 5.92 Å². The Morgan fingerprint density at radius 3 is 1.50 bits per heavy atom. The third kappa shape index (κ3) is 5.93. The summed E-state index contributed by atoms with van der Waals surface area (Å²) < 4.78 is 0. The molecule has 0 bridgehead atoms. The summed E-state index contributed by atoms with van der Waals surface area (Å²) in [5.41, 5.74) is 4.99. The van der Waals surface area contributed by atoms with Gasteiger partial charge in [-0.3, -0.25) is 0 Å². The lowest BCUT2D eigenvalue weighted by Crippen LogP contribution is -2.26. The molecular formula is C36H42P2. The first kappa shape index (κ1) is 26.2. The van der Waals surface area contributed by atoms with Crippen LogP contribution in [0.1, 0.15) is 69.8 Å². The lowest BCUT2D eigenvalue weighted by atomic mass is 9.97. The van der Waals surface area contributed by atoms with Crippen LogP contribution in [0, 0.1) is 5.92 Å². The van der Waals surface area contributed by atoms with Crippen LogP contribution in [0.15, 0.2) is 108 Å². The fourth-order valence-electron chi connectivity index (χ4n) is 7.15. The van der Waals surface area contributed by atoms with E-state index >= 15 is 0 Å². The maximum atomic E-state index is 2.55. The molecule has 1 atom stereocenters. The van der Waals surface area contributed by atoms with Gasteiger partial charge in [0.05, 0.1) is 0 Å². The summed E-state index contributed by atoms with van der Waals surface area (Å²) in [7, 11) is -0.540. The zero-order valence-corrected chi connectivity index (χ0v) is 24.5. The topological polar surface area (TPSA) is 0 Å². The Kier molecular flexibility index (Phi) is 8.91. The van der Waals surface area contributed by atoms with Crippen LogP contribution in [0.4, 0.5) is 0 Å². The third-order valence-electron chi connectivity index (χ3n) is 9.04. The minimum atomic E-state index is -0.554. The summed E-state index contributed by atoms with van der Waals surface area (Å²) in [5.74, 6) is 0.541. The molecule has 0 aliphatic heterocycles. The van der Waals surface area contributed by atoms with Crippen LogP contribution < -0.4 is 10.6 Å². The van der Waals surface area contributed by atoms with Crippen molar-refractivity contribution in [1.82, 2.24) is 0 Å². The van der Waals surface area contributed by atoms with Crippen molar-refractivity contribution in [2.45, 2.75) is 75.5 Å². The Hall–Kier alpha value is -2.00. The largest absolute Gasteiger partial charge is 0.0994 e. The van der Waals surface area contributed by atoms with Crippen molar-refractivity contribution < 1.29 is 0 Å². The Morgan fingerprint density at radius 2 is 1.00 bits per heavy atom. The highest BCUT2D eigenvalue weighted by Crippen LogP contribution is 2.62. The van der Waals surface area contributed by atoms with Crippen molar-refractivity contribution in [2.75, 3.05) is 6.16 Å². The van der Waals surface area contributed by atoms with E-state index in [9.17, 15) is 0 Å². The van der Waals surface area contributed by atoms with Crippen LogP contribution in [-0.4, -0.2) is 17.5 Å². The van der Waals surface area contributed by atoms with E-state index in [0.717, 1.165) is 11.3 Å². The molecule has 0 heterocycles. The lowest BCUT2D eigenvalue weighted by molar-refractivity contribution is 0.483. The van der Waals surface area contributed by atoms with E-state index in [0.29, 0.717) is 5.92 Å². The maximum absolute atomic E-state index is 2.55. The molecule has 2 fully saturated rings. The lowest BCUT2D eigenvalue weighted by Gasteiger charge is -2.41. The number of hydrogen-bond acceptors (Lipinski definition) is 0. The van der Waals surface area contributed by atoms with Gasteiger partial charge in [-0.2, -0.15) is 0 Å². The van der Waals surface area contributed by atoms with Crippen molar-refractivity contribution in [2.24, 2.45) is 5.92 Å². The molecule has 3 aromatic carbocycles. The molecule has 196 valence electrons. The Balaban J connectivity index is 1.40. The molecule has 38 heavy (non-hydrogen) atoms. The SMILES string of the molecule is C1=C(c2ccccc2)C(CP(C2CCCCC2)C2CCCCC2)C(P(c2ccccc2)c2ccccc2)=C1. The summed E-state index contributed by atoms with van der Waals surface area (Å²) in [5, 5.41) is 4.68. The highest BCUT2D eigenvalue weighted by Gasteiger charge is 2.38. The van der Waals surface area contributed by atoms with Crippen molar-refractivity contribution in [1.29, 1.82) is 0 Å². The average molecular weight is 537 g/mol. The Bertz CT molecular complexity index is 1140. The van der Waals surface area contributed by atoms with Gasteiger partial charge in [0.1, 0.15) is 0 Å². The molecule has 0 radical (unpaired) electrons. The third-order valence-corrected chi connectivity index (χ3v) is 15.3. The second-order valence-electron chi connectivity index (χ2n) is 11.4. The fourth-order valence-corrected chi connectivity index (χ4v) is 14.0. The first-order chi connectivity index (χ1) is 18.9. The molecule has 0 spiro atoms. The van der Waals surface area contributed by atoms with E-state index in [2.05, 4.69) is 103 Å². The second-order valence-corrected chi connectivity index (χ2v) is 16.5. The molecule has 1 unspecified atom stereocenters. The van der Waals surface area contributed by atoms with Gasteiger partial charge in [-0.15, -0.1) is 0 Å². The van der Waals surface area contributed by atoms with Gasteiger partial charge in [-0.1, -0.05) is 150 Å². The number of benzene rings is 3. The molecular weight excluding hydrogens is 494 g/mol. The highest BCUT2D eigenvalue weighted by molar-refractivity contribution is 7.77. The van der Waals surface area contributed by atoms with Crippen LogP contribution >= 0.6 is 15.8 Å². The summed E-state index contributed by atoms with van der Waals surface area (Å²) in [4.78, 5) is 0. The van der Waals surface area contributed by atoms with E-state index in [1.54, 1.807) is 10.9 Å². The molecule has 0 amide bonds. The fraction of sp³-hybridized carbons (Fsp3) is 0.389. The molecule has 0 saturated heterocycles. The molecule has 0 nitrogen and oxygen atoms in total. The molecule has 0 aromatic heterocycles. The number of hydrogen-bond donors (Lipinski definition) is 0. The van der Waals surface area contributed by atoms with Gasteiger partial charge >= 0.3 is 0 Å². The number of allylic oxidation sites excluding steroid dienone is 4. The average Bonchev–Trinajstić information content (AvgIpc) is 3.41. The summed E-state index contributed by atoms with van der Waals surface area (Å²) in [6.45, 7) is 0. The van der Waals surface area contributed by atoms with E-state index in [1.807, 2.05) is 0 Å². The smallest absolute Gasteiger partial charge is 0.0145 e. The maximum Gasteiger partial charge on any atom is 0.0145 e. The van der Waals surface area contributed by atoms with Gasteiger partial charge in [-0.25, -0.2) is 0 Å². The molecule has 3 aliphatic rings. The zero-order valence-electron chi connectivity index (χ0n) is 22.7. The quantitative estimate of drug-likeness (QED) is 0.251. The van der Waals surface area contributed by atoms with Crippen molar-refractivity contribution in [3.05, 3.63) is 114 Å². The Morgan fingerprint density at radius 1 is 0.526 bits per heavy atom. The van der Waals surface area contributed by atoms with Crippen LogP contribution in [0.3, 0.4) is 0 Å². The molecule has 3 aromatic rings. The van der Waals surface area contributed by atoms with Gasteiger partial charge < -0.3 is 0 Å². The molecule has 2 saturated carbocycles. The monoisotopic (exact) mass is 536 g/mol. The highest BCUT2D eigenvalue weighted by atomic mass is 31.1. The number of rotatable bonds is 8. The predicted molar refractivity (Wildman–Crippen MR) is 171 cm³/mol. The van der Waals surface area contributed by atoms with Crippen molar-refractivity contribution >= 4 is 32.0 Å². The normalized spacial score (nSPS) is 21.1. The first-order valence-corrected chi connectivity index (χ1v) is 18.0. The van der Waals surface area contributed by atoms with Gasteiger partial charge in [0.2, 0.25) is 0 Å². The minimum Gasteiger partial charge on any atom is -0.0994 e. The first-order valence-electron chi connectivity index (χ1n) is 15.0. The van der Waals surface area contributed by atoms with Crippen molar-refractivity contribution in [3.63, 3.8) is 0 Å². The van der Waals surface area contributed by atoms with Crippen LogP contribution in [0.5, 0.6) is 0 Å². The summed E-state index contributed by atoms with van der Waals surface area (Å²) in [6.07, 6.45) is 21.2. The van der Waals surface area contributed by atoms with Gasteiger partial charge in [0.15, 0.2) is 0 Å². The minimum absolute atomic E-state index is 0.0145. The molecule has 3 aliphatic carbocycles. The standard InChI is InChI=1S/C36H42P2/c1-6-16-29(17-7-1)34-26-27-36(38(32-22-12-4-13-23-32)33-24-14-5-15-25-33)35(34)28-37(30-18-8-2-9-19-30)31-20-10-3-11-21-31/h1,4-7,12-17,22-27,30-31,35H,2-3,8-11,18-21,28H2. The van der Waals surface area contributed by atoms with Gasteiger partial charge in [0.25, 0.3) is 0 Å². The zero-order chi connectivity index (χ0) is 25.6. The Labute approximate surface area is 233 Å². The van der Waals surface area contributed by atoms with Crippen LogP contribution in [0.25, 0.3) is 5.57 Å². The molecule has 6 rings (SSSR count). The second kappa shape index (κ2) is 12.9. The van der Waals surface area contributed by atoms with E-state index < -0.39 is 7.92 Å². The summed E-state index contributed by atoms with van der Waals surface area (Å²) in [6, 6.07) is 34.1. The predicted octanol–water partition coefficient (Wildman–Crippen LogP) is 9.86. The summed E-state index contributed by atoms with van der Waals surface area (Å²) >= 11 is 0. The molecule has 0 N–H and O–H groups in total. The van der Waals surface area contributed by atoms with Crippen molar-refractivity contribution in [3.8, 4) is 0 Å². The van der Waals surface area contributed by atoms with E-state index in [4.69, 9.17) is 0 Å². The van der Waals surface area contributed by atoms with Crippen LogP contribution in [-0.2, 0) is 0 Å².